The molecule has 13 heteroatoms. The molecule has 0 aromatic heterocycles. The molecular formula is C15H18F11NO. The van der Waals surface area contributed by atoms with Crippen molar-refractivity contribution in [2.75, 3.05) is 0 Å². The van der Waals surface area contributed by atoms with Crippen LogP contribution in [0.15, 0.2) is 0 Å². The van der Waals surface area contributed by atoms with Crippen LogP contribution >= 0.6 is 0 Å². The Hall–Kier alpha value is -1.30. The first kappa shape index (κ1) is 24.7. The molecule has 0 saturated heterocycles. The minimum atomic E-state index is -7.33. The maximum atomic E-state index is 14.9. The van der Waals surface area contributed by atoms with E-state index in [4.69, 9.17) is 0 Å². The number of alkyl halides is 11. The maximum absolute atomic E-state index is 14.9. The Morgan fingerprint density at radius 1 is 0.643 bits per heavy atom. The molecule has 166 valence electrons. The fourth-order valence-electron chi connectivity index (χ4n) is 2.90. The molecule has 1 aliphatic rings. The number of halogens is 11. The molecule has 0 aliphatic heterocycles. The van der Waals surface area contributed by atoms with E-state index in [1.165, 1.54) is 13.8 Å². The summed E-state index contributed by atoms with van der Waals surface area (Å²) >= 11 is 0. The highest BCUT2D eigenvalue weighted by molar-refractivity contribution is 5.89. The topological polar surface area (TPSA) is 20.3 Å². The van der Waals surface area contributed by atoms with Gasteiger partial charge in [0.15, 0.2) is 0 Å². The first-order valence-corrected chi connectivity index (χ1v) is 8.16. The van der Waals surface area contributed by atoms with Gasteiger partial charge in [-0.25, -0.2) is 4.39 Å². The third kappa shape index (κ3) is 2.49. The molecule has 1 amide bonds. The van der Waals surface area contributed by atoms with Gasteiger partial charge in [0.2, 0.25) is 0 Å². The first-order chi connectivity index (χ1) is 12.3. The summed E-state index contributed by atoms with van der Waals surface area (Å²) in [7, 11) is 0. The molecule has 2 nitrogen and oxygen atoms in total. The first-order valence-electron chi connectivity index (χ1n) is 8.16. The van der Waals surface area contributed by atoms with E-state index in [-0.39, 0.29) is 17.7 Å². The smallest absolute Gasteiger partial charge is 0.334 e. The van der Waals surface area contributed by atoms with Crippen molar-refractivity contribution in [1.29, 1.82) is 0 Å². The molecule has 28 heavy (non-hydrogen) atoms. The highest BCUT2D eigenvalue weighted by atomic mass is 19.4. The number of carbonyl (C=O) groups is 1. The summed E-state index contributed by atoms with van der Waals surface area (Å²) in [6.45, 7) is 4.65. The lowest BCUT2D eigenvalue weighted by Gasteiger charge is -2.53. The minimum Gasteiger partial charge on any atom is -0.334 e. The van der Waals surface area contributed by atoms with Gasteiger partial charge in [-0.3, -0.25) is 4.79 Å². The molecule has 2 unspecified atom stereocenters. The van der Waals surface area contributed by atoms with Gasteiger partial charge in [-0.1, -0.05) is 13.8 Å². The van der Waals surface area contributed by atoms with Gasteiger partial charge in [-0.2, -0.15) is 43.9 Å². The summed E-state index contributed by atoms with van der Waals surface area (Å²) in [5.41, 5.74) is -6.62. The number of nitrogens with zero attached hydrogens (tertiary/aromatic N) is 1. The molecule has 2 atom stereocenters. The van der Waals surface area contributed by atoms with E-state index < -0.39 is 53.3 Å². The average molecular weight is 437 g/mol. The minimum absolute atomic E-state index is 0.0164. The van der Waals surface area contributed by atoms with Crippen LogP contribution in [0.2, 0.25) is 0 Å². The normalized spacial score (nSPS) is 28.2. The van der Waals surface area contributed by atoms with Gasteiger partial charge in [-0.15, -0.1) is 0 Å². The largest absolute Gasteiger partial charge is 0.384 e. The van der Waals surface area contributed by atoms with Gasteiger partial charge >= 0.3 is 35.3 Å². The number of carbonyl (C=O) groups excluding carboxylic acids is 1. The summed E-state index contributed by atoms with van der Waals surface area (Å²) in [6.07, 6.45) is -0.376. The van der Waals surface area contributed by atoms with E-state index >= 15 is 0 Å². The van der Waals surface area contributed by atoms with Crippen LogP contribution in [0.25, 0.3) is 0 Å². The SMILES string of the molecule is CCC(C)N(C(=O)C1(F)C(F)(F)C(F)(F)C(F)(F)C(F)(F)C1(F)F)C(C)CC. The Kier molecular flexibility index (Phi) is 5.84. The quantitative estimate of drug-likeness (QED) is 0.534. The third-order valence-electron chi connectivity index (χ3n) is 5.10. The van der Waals surface area contributed by atoms with Gasteiger partial charge < -0.3 is 4.90 Å². The van der Waals surface area contributed by atoms with Crippen molar-refractivity contribution in [3.05, 3.63) is 0 Å². The molecule has 1 aliphatic carbocycles. The van der Waals surface area contributed by atoms with Crippen molar-refractivity contribution in [3.63, 3.8) is 0 Å². The second-order valence-electron chi connectivity index (χ2n) is 6.76. The van der Waals surface area contributed by atoms with Crippen LogP contribution in [-0.4, -0.2) is 58.2 Å². The van der Waals surface area contributed by atoms with Crippen molar-refractivity contribution in [2.45, 2.75) is 87.9 Å². The van der Waals surface area contributed by atoms with Crippen LogP contribution in [-0.2, 0) is 4.79 Å². The second kappa shape index (κ2) is 6.61. The highest BCUT2D eigenvalue weighted by Crippen LogP contribution is 2.69. The molecule has 0 radical (unpaired) electrons. The van der Waals surface area contributed by atoms with Crippen LogP contribution in [0.1, 0.15) is 40.5 Å². The Bertz CT molecular complexity index is 579. The van der Waals surface area contributed by atoms with Crippen molar-refractivity contribution >= 4 is 5.91 Å². The zero-order valence-electron chi connectivity index (χ0n) is 15.1. The summed E-state index contributed by atoms with van der Waals surface area (Å²) in [6, 6.07) is -2.65. The Labute approximate surface area is 153 Å². The van der Waals surface area contributed by atoms with Gasteiger partial charge in [0, 0.05) is 12.1 Å². The van der Waals surface area contributed by atoms with E-state index in [1.807, 2.05) is 0 Å². The zero-order valence-corrected chi connectivity index (χ0v) is 15.1. The van der Waals surface area contributed by atoms with E-state index in [0.29, 0.717) is 0 Å². The van der Waals surface area contributed by atoms with Crippen LogP contribution in [0.3, 0.4) is 0 Å². The average Bonchev–Trinajstić information content (AvgIpc) is 2.58. The monoisotopic (exact) mass is 437 g/mol. The van der Waals surface area contributed by atoms with E-state index in [2.05, 4.69) is 0 Å². The number of amides is 1. The fraction of sp³-hybridized carbons (Fsp3) is 0.933. The lowest BCUT2D eigenvalue weighted by molar-refractivity contribution is -0.477. The summed E-state index contributed by atoms with van der Waals surface area (Å²) in [5.74, 6) is -39.3. The Balaban J connectivity index is 3.89. The molecule has 0 aromatic carbocycles. The molecule has 1 saturated carbocycles. The zero-order chi connectivity index (χ0) is 22.7. The molecule has 1 fully saturated rings. The van der Waals surface area contributed by atoms with Crippen LogP contribution < -0.4 is 0 Å². The standard InChI is InChI=1S/C15H18F11NO/c1-5-7(3)27(8(4)6-2)9(28)10(16)11(17,18)13(21,22)15(25,26)14(23,24)12(10,19)20/h7-8H,5-6H2,1-4H3. The van der Waals surface area contributed by atoms with Crippen molar-refractivity contribution in [3.8, 4) is 0 Å². The Morgan fingerprint density at radius 2 is 0.893 bits per heavy atom. The second-order valence-corrected chi connectivity index (χ2v) is 6.76. The highest BCUT2D eigenvalue weighted by Gasteiger charge is 3.03. The predicted octanol–water partition coefficient (Wildman–Crippen LogP) is 5.31. The Morgan fingerprint density at radius 3 is 1.14 bits per heavy atom. The van der Waals surface area contributed by atoms with Crippen molar-refractivity contribution in [1.82, 2.24) is 4.90 Å². The number of hydrogen-bond donors (Lipinski definition) is 0. The van der Waals surface area contributed by atoms with Crippen LogP contribution in [0, 0.1) is 0 Å². The number of hydrogen-bond acceptors (Lipinski definition) is 1. The predicted molar refractivity (Wildman–Crippen MR) is 74.9 cm³/mol. The third-order valence-corrected chi connectivity index (χ3v) is 5.10. The fourth-order valence-corrected chi connectivity index (χ4v) is 2.90. The lowest BCUT2D eigenvalue weighted by atomic mass is 9.71. The van der Waals surface area contributed by atoms with Crippen molar-refractivity contribution in [2.24, 2.45) is 0 Å². The van der Waals surface area contributed by atoms with Gasteiger partial charge in [0.1, 0.15) is 0 Å². The van der Waals surface area contributed by atoms with Gasteiger partial charge in [-0.05, 0) is 26.7 Å². The summed E-state index contributed by atoms with van der Waals surface area (Å²) < 4.78 is 152. The molecule has 0 N–H and O–H groups in total. The van der Waals surface area contributed by atoms with Crippen LogP contribution in [0.4, 0.5) is 48.3 Å². The number of rotatable bonds is 5. The summed E-state index contributed by atoms with van der Waals surface area (Å²) in [4.78, 5) is 12.3. The van der Waals surface area contributed by atoms with E-state index in [0.717, 1.165) is 13.8 Å². The van der Waals surface area contributed by atoms with Crippen molar-refractivity contribution < 1.29 is 53.1 Å². The lowest BCUT2D eigenvalue weighted by Crippen LogP contribution is -2.86. The van der Waals surface area contributed by atoms with Gasteiger partial charge in [0.05, 0.1) is 0 Å². The molecule has 0 heterocycles. The molecular weight excluding hydrogens is 419 g/mol. The van der Waals surface area contributed by atoms with Gasteiger partial charge in [0.25, 0.3) is 5.91 Å². The van der Waals surface area contributed by atoms with E-state index in [1.54, 1.807) is 0 Å². The summed E-state index contributed by atoms with van der Waals surface area (Å²) in [5, 5.41) is 0. The van der Waals surface area contributed by atoms with Crippen LogP contribution in [0.5, 0.6) is 0 Å². The molecule has 0 bridgehead atoms. The van der Waals surface area contributed by atoms with E-state index in [9.17, 15) is 53.1 Å². The molecule has 0 aromatic rings. The molecule has 0 spiro atoms. The molecule has 1 rings (SSSR count). The maximum Gasteiger partial charge on any atom is 0.384 e.